The molecule has 0 N–H and O–H groups in total. The van der Waals surface area contributed by atoms with Crippen LogP contribution in [0, 0.1) is 0 Å². The fraction of sp³-hybridized carbons (Fsp3) is 0.562. The van der Waals surface area contributed by atoms with Crippen LogP contribution < -0.4 is 9.47 Å². The summed E-state index contributed by atoms with van der Waals surface area (Å²) in [4.78, 5) is 14.0. The fourth-order valence-corrected chi connectivity index (χ4v) is 2.74. The summed E-state index contributed by atoms with van der Waals surface area (Å²) >= 11 is 1.63. The smallest absolute Gasteiger partial charge is 0.235 e. The van der Waals surface area contributed by atoms with Crippen LogP contribution in [-0.2, 0) is 4.79 Å². The summed E-state index contributed by atoms with van der Waals surface area (Å²) in [7, 11) is 1.64. The standard InChI is InChI=1S/C16H25NO3S/c1-5-17(6-2)16(18)13(3)21-12-11-20-15-9-7-14(19-4)8-10-15/h7-10,13H,5-6,11-12H2,1-4H3. The first-order chi connectivity index (χ1) is 10.1. The third kappa shape index (κ3) is 5.87. The summed E-state index contributed by atoms with van der Waals surface area (Å²) in [6.07, 6.45) is 0. The molecule has 4 nitrogen and oxygen atoms in total. The Kier molecular flexibility index (Phi) is 8.05. The van der Waals surface area contributed by atoms with Crippen molar-refractivity contribution in [1.82, 2.24) is 4.90 Å². The Bertz CT molecular complexity index is 418. The van der Waals surface area contributed by atoms with Crippen LogP contribution in [0.15, 0.2) is 24.3 Å². The van der Waals surface area contributed by atoms with Crippen LogP contribution in [0.1, 0.15) is 20.8 Å². The fourth-order valence-electron chi connectivity index (χ4n) is 1.92. The first kappa shape index (κ1) is 17.7. The highest BCUT2D eigenvalue weighted by molar-refractivity contribution is 8.00. The number of hydrogen-bond donors (Lipinski definition) is 0. The van der Waals surface area contributed by atoms with Crippen LogP contribution in [0.2, 0.25) is 0 Å². The maximum absolute atomic E-state index is 12.1. The number of carbonyl (C=O) groups excluding carboxylic acids is 1. The molecule has 0 fully saturated rings. The highest BCUT2D eigenvalue weighted by Gasteiger charge is 2.18. The molecule has 0 radical (unpaired) electrons. The molecule has 0 saturated carbocycles. The predicted octanol–water partition coefficient (Wildman–Crippen LogP) is 3.06. The van der Waals surface area contributed by atoms with Gasteiger partial charge in [-0.3, -0.25) is 4.79 Å². The molecule has 21 heavy (non-hydrogen) atoms. The monoisotopic (exact) mass is 311 g/mol. The van der Waals surface area contributed by atoms with E-state index in [0.717, 1.165) is 30.3 Å². The summed E-state index contributed by atoms with van der Waals surface area (Å²) in [6.45, 7) is 8.09. The van der Waals surface area contributed by atoms with Crippen LogP contribution >= 0.6 is 11.8 Å². The largest absolute Gasteiger partial charge is 0.497 e. The zero-order valence-electron chi connectivity index (χ0n) is 13.3. The van der Waals surface area contributed by atoms with Gasteiger partial charge >= 0.3 is 0 Å². The molecule has 0 aliphatic rings. The summed E-state index contributed by atoms with van der Waals surface area (Å²) in [5.41, 5.74) is 0. The van der Waals surface area contributed by atoms with Crippen LogP contribution in [0.25, 0.3) is 0 Å². The lowest BCUT2D eigenvalue weighted by atomic mass is 10.3. The van der Waals surface area contributed by atoms with Gasteiger partial charge in [0.05, 0.1) is 19.0 Å². The molecule has 1 atom stereocenters. The molecule has 0 aliphatic carbocycles. The van der Waals surface area contributed by atoms with E-state index in [1.165, 1.54) is 0 Å². The van der Waals surface area contributed by atoms with Crippen molar-refractivity contribution in [3.05, 3.63) is 24.3 Å². The highest BCUT2D eigenvalue weighted by atomic mass is 32.2. The molecule has 0 aromatic heterocycles. The lowest BCUT2D eigenvalue weighted by Gasteiger charge is -2.22. The minimum absolute atomic E-state index is 0.0237. The van der Waals surface area contributed by atoms with Gasteiger partial charge in [0.25, 0.3) is 0 Å². The Morgan fingerprint density at radius 1 is 1.19 bits per heavy atom. The number of nitrogens with zero attached hydrogens (tertiary/aromatic N) is 1. The van der Waals surface area contributed by atoms with Gasteiger partial charge in [-0.25, -0.2) is 0 Å². The number of methoxy groups -OCH3 is 1. The van der Waals surface area contributed by atoms with Gasteiger partial charge in [-0.2, -0.15) is 0 Å². The number of hydrogen-bond acceptors (Lipinski definition) is 4. The van der Waals surface area contributed by atoms with E-state index in [0.29, 0.717) is 6.61 Å². The summed E-state index contributed by atoms with van der Waals surface area (Å²) in [5, 5.41) is -0.0237. The summed E-state index contributed by atoms with van der Waals surface area (Å²) < 4.78 is 10.7. The van der Waals surface area contributed by atoms with E-state index >= 15 is 0 Å². The molecule has 0 heterocycles. The van der Waals surface area contributed by atoms with Gasteiger partial charge in [-0.15, -0.1) is 11.8 Å². The zero-order valence-corrected chi connectivity index (χ0v) is 14.1. The molecule has 1 amide bonds. The normalized spacial score (nSPS) is 11.8. The van der Waals surface area contributed by atoms with E-state index in [-0.39, 0.29) is 11.2 Å². The van der Waals surface area contributed by atoms with Crippen LogP contribution in [0.4, 0.5) is 0 Å². The number of carbonyl (C=O) groups is 1. The molecule has 1 rings (SSSR count). The second-order valence-electron chi connectivity index (χ2n) is 4.55. The maximum Gasteiger partial charge on any atom is 0.235 e. The van der Waals surface area contributed by atoms with Crippen LogP contribution in [0.5, 0.6) is 11.5 Å². The van der Waals surface area contributed by atoms with Crippen molar-refractivity contribution in [2.75, 3.05) is 32.6 Å². The average molecular weight is 311 g/mol. The molecule has 1 aromatic rings. The molecule has 0 saturated heterocycles. The van der Waals surface area contributed by atoms with Crippen molar-refractivity contribution in [2.45, 2.75) is 26.0 Å². The SMILES string of the molecule is CCN(CC)C(=O)C(C)SCCOc1ccc(OC)cc1. The van der Waals surface area contributed by atoms with Crippen molar-refractivity contribution in [3.8, 4) is 11.5 Å². The van der Waals surface area contributed by atoms with Gasteiger partial charge in [0, 0.05) is 18.8 Å². The zero-order chi connectivity index (χ0) is 15.7. The number of thioether (sulfide) groups is 1. The van der Waals surface area contributed by atoms with E-state index in [2.05, 4.69) is 0 Å². The first-order valence-electron chi connectivity index (χ1n) is 7.29. The van der Waals surface area contributed by atoms with Gasteiger partial charge in [0.15, 0.2) is 0 Å². The van der Waals surface area contributed by atoms with Crippen molar-refractivity contribution in [1.29, 1.82) is 0 Å². The molecular formula is C16H25NO3S. The Morgan fingerprint density at radius 2 is 1.76 bits per heavy atom. The molecule has 1 aromatic carbocycles. The van der Waals surface area contributed by atoms with Crippen molar-refractivity contribution in [2.24, 2.45) is 0 Å². The number of benzene rings is 1. The quantitative estimate of drug-likeness (QED) is 0.657. The van der Waals surface area contributed by atoms with E-state index in [4.69, 9.17) is 9.47 Å². The summed E-state index contributed by atoms with van der Waals surface area (Å²) in [6, 6.07) is 7.51. The number of amides is 1. The Morgan fingerprint density at radius 3 is 2.29 bits per heavy atom. The highest BCUT2D eigenvalue weighted by Crippen LogP contribution is 2.18. The van der Waals surface area contributed by atoms with Crippen LogP contribution in [-0.4, -0.2) is 48.6 Å². The van der Waals surface area contributed by atoms with Gasteiger partial charge in [0.1, 0.15) is 11.5 Å². The average Bonchev–Trinajstić information content (AvgIpc) is 2.53. The number of ether oxygens (including phenoxy) is 2. The Labute approximate surface area is 131 Å². The molecule has 0 bridgehead atoms. The van der Waals surface area contributed by atoms with E-state index < -0.39 is 0 Å². The second-order valence-corrected chi connectivity index (χ2v) is 6.00. The topological polar surface area (TPSA) is 38.8 Å². The Hall–Kier alpha value is -1.36. The minimum atomic E-state index is -0.0237. The van der Waals surface area contributed by atoms with E-state index in [9.17, 15) is 4.79 Å². The number of rotatable bonds is 9. The molecular weight excluding hydrogens is 286 g/mol. The van der Waals surface area contributed by atoms with Gasteiger partial charge in [-0.1, -0.05) is 0 Å². The third-order valence-corrected chi connectivity index (χ3v) is 4.31. The molecule has 0 aliphatic heterocycles. The van der Waals surface area contributed by atoms with Crippen LogP contribution in [0.3, 0.4) is 0 Å². The third-order valence-electron chi connectivity index (χ3n) is 3.20. The molecule has 5 heteroatoms. The van der Waals surface area contributed by atoms with Gasteiger partial charge in [0.2, 0.25) is 5.91 Å². The molecule has 118 valence electrons. The van der Waals surface area contributed by atoms with Crippen molar-refractivity contribution >= 4 is 17.7 Å². The van der Waals surface area contributed by atoms with Crippen molar-refractivity contribution in [3.63, 3.8) is 0 Å². The predicted molar refractivity (Wildman–Crippen MR) is 88.3 cm³/mol. The lowest BCUT2D eigenvalue weighted by molar-refractivity contribution is -0.129. The van der Waals surface area contributed by atoms with E-state index in [1.54, 1.807) is 18.9 Å². The maximum atomic E-state index is 12.1. The minimum Gasteiger partial charge on any atom is -0.497 e. The lowest BCUT2D eigenvalue weighted by Crippen LogP contribution is -2.36. The Balaban J connectivity index is 2.28. The van der Waals surface area contributed by atoms with Gasteiger partial charge in [-0.05, 0) is 45.0 Å². The molecule has 0 spiro atoms. The van der Waals surface area contributed by atoms with Gasteiger partial charge < -0.3 is 14.4 Å². The first-order valence-corrected chi connectivity index (χ1v) is 8.34. The van der Waals surface area contributed by atoms with Crippen molar-refractivity contribution < 1.29 is 14.3 Å². The summed E-state index contributed by atoms with van der Waals surface area (Å²) in [5.74, 6) is 2.63. The van der Waals surface area contributed by atoms with E-state index in [1.807, 2.05) is 49.9 Å². The molecule has 1 unspecified atom stereocenters. The second kappa shape index (κ2) is 9.55.